The van der Waals surface area contributed by atoms with Crippen LogP contribution in [0.3, 0.4) is 0 Å². The summed E-state index contributed by atoms with van der Waals surface area (Å²) in [6.45, 7) is 0.511. The molecule has 0 bridgehead atoms. The van der Waals surface area contributed by atoms with Crippen LogP contribution in [0.25, 0.3) is 10.7 Å². The van der Waals surface area contributed by atoms with Gasteiger partial charge < -0.3 is 0 Å². The molecular formula is C12H16N4O2S3. The van der Waals surface area contributed by atoms with E-state index in [2.05, 4.69) is 10.1 Å². The van der Waals surface area contributed by atoms with Crippen molar-refractivity contribution in [1.29, 1.82) is 0 Å². The van der Waals surface area contributed by atoms with Gasteiger partial charge in [-0.05, 0) is 37.1 Å². The SMILES string of the molecule is CN(Cn1[nH]c(-c2cccs2)nc1=S)C1CCS(=O)(=O)C1. The Balaban J connectivity index is 1.75. The fourth-order valence-electron chi connectivity index (χ4n) is 2.44. The minimum atomic E-state index is -2.87. The van der Waals surface area contributed by atoms with Gasteiger partial charge in [-0.15, -0.1) is 11.3 Å². The van der Waals surface area contributed by atoms with Gasteiger partial charge in [-0.25, -0.2) is 13.1 Å². The second-order valence-electron chi connectivity index (χ2n) is 5.22. The van der Waals surface area contributed by atoms with Gasteiger partial charge in [0.1, 0.15) is 0 Å². The molecule has 9 heteroatoms. The summed E-state index contributed by atoms with van der Waals surface area (Å²) in [6, 6.07) is 3.99. The van der Waals surface area contributed by atoms with Gasteiger partial charge in [-0.1, -0.05) is 6.07 Å². The van der Waals surface area contributed by atoms with Crippen molar-refractivity contribution in [2.24, 2.45) is 0 Å². The Bertz CT molecular complexity index is 776. The third kappa shape index (κ3) is 3.25. The molecule has 0 radical (unpaired) electrons. The van der Waals surface area contributed by atoms with E-state index in [4.69, 9.17) is 12.2 Å². The minimum absolute atomic E-state index is 0.0467. The monoisotopic (exact) mass is 344 g/mol. The van der Waals surface area contributed by atoms with E-state index in [0.29, 0.717) is 17.9 Å². The summed E-state index contributed by atoms with van der Waals surface area (Å²) in [7, 11) is -0.959. The van der Waals surface area contributed by atoms with Crippen molar-refractivity contribution in [1.82, 2.24) is 19.7 Å². The Morgan fingerprint density at radius 1 is 1.62 bits per heavy atom. The van der Waals surface area contributed by atoms with Gasteiger partial charge in [-0.2, -0.15) is 4.98 Å². The summed E-state index contributed by atoms with van der Waals surface area (Å²) >= 11 is 6.86. The highest BCUT2D eigenvalue weighted by molar-refractivity contribution is 7.91. The van der Waals surface area contributed by atoms with Crippen molar-refractivity contribution < 1.29 is 8.42 Å². The minimum Gasteiger partial charge on any atom is -0.283 e. The van der Waals surface area contributed by atoms with Crippen LogP contribution in [-0.2, 0) is 16.5 Å². The van der Waals surface area contributed by atoms with Crippen molar-refractivity contribution in [3.05, 3.63) is 22.3 Å². The lowest BCUT2D eigenvalue weighted by Crippen LogP contribution is -2.34. The maximum Gasteiger partial charge on any atom is 0.217 e. The molecule has 0 aliphatic carbocycles. The maximum absolute atomic E-state index is 11.6. The molecule has 114 valence electrons. The van der Waals surface area contributed by atoms with Gasteiger partial charge in [0.15, 0.2) is 15.7 Å². The van der Waals surface area contributed by atoms with Crippen LogP contribution in [0.1, 0.15) is 6.42 Å². The molecule has 1 saturated heterocycles. The first-order valence-corrected chi connectivity index (χ1v) is 9.67. The van der Waals surface area contributed by atoms with Gasteiger partial charge in [-0.3, -0.25) is 10.00 Å². The highest BCUT2D eigenvalue weighted by Gasteiger charge is 2.30. The van der Waals surface area contributed by atoms with E-state index in [1.54, 1.807) is 16.0 Å². The Kier molecular flexibility index (Phi) is 4.00. The predicted octanol–water partition coefficient (Wildman–Crippen LogP) is 1.75. The van der Waals surface area contributed by atoms with Crippen molar-refractivity contribution in [3.63, 3.8) is 0 Å². The van der Waals surface area contributed by atoms with Gasteiger partial charge in [0.05, 0.1) is 23.1 Å². The number of sulfone groups is 1. The molecule has 1 atom stereocenters. The van der Waals surface area contributed by atoms with Crippen LogP contribution in [0, 0.1) is 4.77 Å². The van der Waals surface area contributed by atoms with E-state index >= 15 is 0 Å². The molecule has 6 nitrogen and oxygen atoms in total. The van der Waals surface area contributed by atoms with Crippen molar-refractivity contribution in [2.45, 2.75) is 19.1 Å². The summed E-state index contributed by atoms with van der Waals surface area (Å²) in [6.07, 6.45) is 0.679. The van der Waals surface area contributed by atoms with Gasteiger partial charge in [0.25, 0.3) is 0 Å². The summed E-state index contributed by atoms with van der Waals surface area (Å²) in [5, 5.41) is 5.17. The third-order valence-corrected chi connectivity index (χ3v) is 6.57. The lowest BCUT2D eigenvalue weighted by molar-refractivity contribution is 0.197. The Hall–Kier alpha value is -1.03. The standard InChI is InChI=1S/C12H16N4O2S3/c1-15(9-4-6-21(17,18)7-9)8-16-12(19)13-11(14-16)10-3-2-5-20-10/h2-3,5,9H,4,6-8H2,1H3,(H,13,14,19). The molecule has 1 aliphatic heterocycles. The summed E-state index contributed by atoms with van der Waals surface area (Å²) < 4.78 is 25.4. The number of hydrogen-bond donors (Lipinski definition) is 1. The second-order valence-corrected chi connectivity index (χ2v) is 8.76. The highest BCUT2D eigenvalue weighted by Crippen LogP contribution is 2.21. The molecule has 1 aliphatic rings. The fraction of sp³-hybridized carbons (Fsp3) is 0.500. The molecule has 3 heterocycles. The molecule has 0 saturated carbocycles. The van der Waals surface area contributed by atoms with E-state index in [0.717, 1.165) is 10.7 Å². The summed E-state index contributed by atoms with van der Waals surface area (Å²) in [5.41, 5.74) is 0. The van der Waals surface area contributed by atoms with Crippen LogP contribution < -0.4 is 0 Å². The Labute approximate surface area is 132 Å². The van der Waals surface area contributed by atoms with Gasteiger partial charge in [0, 0.05) is 6.04 Å². The number of nitrogens with zero attached hydrogens (tertiary/aromatic N) is 3. The van der Waals surface area contributed by atoms with Crippen molar-refractivity contribution >= 4 is 33.4 Å². The molecule has 1 N–H and O–H groups in total. The lowest BCUT2D eigenvalue weighted by atomic mass is 10.2. The fourth-order valence-corrected chi connectivity index (χ4v) is 5.10. The molecule has 0 amide bonds. The number of nitrogens with one attached hydrogen (secondary N) is 1. The van der Waals surface area contributed by atoms with E-state index in [1.807, 2.05) is 29.5 Å². The number of H-pyrrole nitrogens is 1. The van der Waals surface area contributed by atoms with E-state index in [1.165, 1.54) is 0 Å². The predicted molar refractivity (Wildman–Crippen MR) is 85.5 cm³/mol. The first-order valence-electron chi connectivity index (χ1n) is 6.56. The normalized spacial score (nSPS) is 21.1. The van der Waals surface area contributed by atoms with Crippen molar-refractivity contribution in [3.8, 4) is 10.7 Å². The summed E-state index contributed by atoms with van der Waals surface area (Å²) in [4.78, 5) is 7.39. The molecule has 2 aromatic heterocycles. The lowest BCUT2D eigenvalue weighted by Gasteiger charge is -2.22. The van der Waals surface area contributed by atoms with Gasteiger partial charge >= 0.3 is 0 Å². The van der Waals surface area contributed by atoms with Gasteiger partial charge in [0.2, 0.25) is 4.77 Å². The van der Waals surface area contributed by atoms with Crippen LogP contribution in [0.5, 0.6) is 0 Å². The van der Waals surface area contributed by atoms with E-state index in [-0.39, 0.29) is 17.5 Å². The first kappa shape index (κ1) is 14.9. The number of hydrogen-bond acceptors (Lipinski definition) is 6. The topological polar surface area (TPSA) is 71.0 Å². The molecule has 21 heavy (non-hydrogen) atoms. The zero-order chi connectivity index (χ0) is 15.0. The molecule has 0 spiro atoms. The smallest absolute Gasteiger partial charge is 0.217 e. The number of thiophene rings is 1. The average Bonchev–Trinajstić information content (AvgIpc) is 3.10. The molecule has 1 fully saturated rings. The van der Waals surface area contributed by atoms with Crippen LogP contribution in [0.15, 0.2) is 17.5 Å². The van der Waals surface area contributed by atoms with Crippen LogP contribution in [-0.4, -0.2) is 52.7 Å². The van der Waals surface area contributed by atoms with Crippen molar-refractivity contribution in [2.75, 3.05) is 18.6 Å². The number of aromatic nitrogens is 3. The van der Waals surface area contributed by atoms with E-state index in [9.17, 15) is 8.42 Å². The molecule has 0 aromatic carbocycles. The van der Waals surface area contributed by atoms with Crippen LogP contribution in [0.2, 0.25) is 0 Å². The highest BCUT2D eigenvalue weighted by atomic mass is 32.2. The zero-order valence-electron chi connectivity index (χ0n) is 11.5. The molecule has 2 aromatic rings. The molecule has 3 rings (SSSR count). The molecule has 1 unspecified atom stereocenters. The zero-order valence-corrected chi connectivity index (χ0v) is 14.0. The Morgan fingerprint density at radius 2 is 2.43 bits per heavy atom. The van der Waals surface area contributed by atoms with E-state index < -0.39 is 9.84 Å². The number of aromatic amines is 1. The quantitative estimate of drug-likeness (QED) is 0.856. The first-order chi connectivity index (χ1) is 9.94. The summed E-state index contributed by atoms with van der Waals surface area (Å²) in [5.74, 6) is 1.25. The largest absolute Gasteiger partial charge is 0.283 e. The second kappa shape index (κ2) is 5.64. The van der Waals surface area contributed by atoms with Crippen LogP contribution >= 0.6 is 23.6 Å². The number of rotatable bonds is 4. The molecular weight excluding hydrogens is 328 g/mol. The van der Waals surface area contributed by atoms with Crippen LogP contribution in [0.4, 0.5) is 0 Å². The Morgan fingerprint density at radius 3 is 3.05 bits per heavy atom. The average molecular weight is 344 g/mol. The third-order valence-electron chi connectivity index (χ3n) is 3.63. The maximum atomic E-state index is 11.6.